The number of carbonyl (C=O) groups excluding carboxylic acids is 1. The van der Waals surface area contributed by atoms with Gasteiger partial charge >= 0.3 is 5.97 Å². The van der Waals surface area contributed by atoms with Gasteiger partial charge in [0.15, 0.2) is 5.69 Å². The van der Waals surface area contributed by atoms with Crippen molar-refractivity contribution in [2.24, 2.45) is 5.73 Å². The van der Waals surface area contributed by atoms with E-state index in [2.05, 4.69) is 31.6 Å². The maximum Gasteiger partial charge on any atom is 0.358 e. The molecule has 1 amide bonds. The molecule has 4 N–H and O–H groups in total. The van der Waals surface area contributed by atoms with E-state index in [1.807, 2.05) is 0 Å². The first-order chi connectivity index (χ1) is 9.97. The van der Waals surface area contributed by atoms with Crippen LogP contribution in [0.3, 0.4) is 0 Å². The molecule has 0 bridgehead atoms. The summed E-state index contributed by atoms with van der Waals surface area (Å²) in [7, 11) is 0. The molecule has 0 atom stereocenters. The Morgan fingerprint density at radius 3 is 2.81 bits per heavy atom. The number of amides is 1. The largest absolute Gasteiger partial charge is 0.476 e. The van der Waals surface area contributed by atoms with Crippen molar-refractivity contribution in [3.05, 3.63) is 40.1 Å². The number of carbonyl (C=O) groups is 2. The summed E-state index contributed by atoms with van der Waals surface area (Å²) in [5, 5.41) is 19.0. The first-order valence-corrected chi connectivity index (χ1v) is 6.73. The average molecular weight is 354 g/mol. The number of hydrogen-bond acceptors (Lipinski definition) is 5. The fraction of sp³-hybridized carbons (Fsp3) is 0.167. The predicted octanol–water partition coefficient (Wildman–Crippen LogP) is 0.950. The van der Waals surface area contributed by atoms with Crippen LogP contribution in [0.4, 0.5) is 5.69 Å². The number of anilines is 1. The molecule has 2 aromatic rings. The van der Waals surface area contributed by atoms with Crippen LogP contribution in [0, 0.1) is 0 Å². The summed E-state index contributed by atoms with van der Waals surface area (Å²) < 4.78 is 2.16. The van der Waals surface area contributed by atoms with Crippen LogP contribution < -0.4 is 11.1 Å². The standard InChI is InChI=1S/C12H12BrN5O3/c13-7-1-2-9(8(5-7)11(14)19)15-3-4-18-6-10(12(20)21)16-17-18/h1-2,5-6,15H,3-4H2,(H2,14,19)(H,20,21). The van der Waals surface area contributed by atoms with Gasteiger partial charge < -0.3 is 16.2 Å². The van der Waals surface area contributed by atoms with Crippen LogP contribution in [0.5, 0.6) is 0 Å². The Labute approximate surface area is 128 Å². The smallest absolute Gasteiger partial charge is 0.358 e. The normalized spacial score (nSPS) is 10.3. The molecule has 0 unspecified atom stereocenters. The fourth-order valence-corrected chi connectivity index (χ4v) is 2.05. The van der Waals surface area contributed by atoms with E-state index in [0.717, 1.165) is 4.47 Å². The van der Waals surface area contributed by atoms with Gasteiger partial charge in [0.05, 0.1) is 18.3 Å². The molecule has 2 rings (SSSR count). The van der Waals surface area contributed by atoms with Crippen molar-refractivity contribution in [1.82, 2.24) is 15.0 Å². The first-order valence-electron chi connectivity index (χ1n) is 5.94. The topological polar surface area (TPSA) is 123 Å². The zero-order chi connectivity index (χ0) is 15.4. The molecular weight excluding hydrogens is 342 g/mol. The van der Waals surface area contributed by atoms with Gasteiger partial charge in [-0.05, 0) is 18.2 Å². The number of aromatic carboxylic acids is 1. The van der Waals surface area contributed by atoms with Crippen molar-refractivity contribution in [3.8, 4) is 0 Å². The summed E-state index contributed by atoms with van der Waals surface area (Å²) in [5.41, 5.74) is 6.17. The van der Waals surface area contributed by atoms with Crippen LogP contribution in [0.1, 0.15) is 20.8 Å². The van der Waals surface area contributed by atoms with E-state index in [1.54, 1.807) is 18.2 Å². The summed E-state index contributed by atoms with van der Waals surface area (Å²) in [6.07, 6.45) is 1.33. The van der Waals surface area contributed by atoms with Gasteiger partial charge in [-0.1, -0.05) is 21.1 Å². The molecule has 0 aliphatic heterocycles. The number of carboxylic acids is 1. The lowest BCUT2D eigenvalue weighted by Crippen LogP contribution is -2.17. The third-order valence-electron chi connectivity index (χ3n) is 2.66. The van der Waals surface area contributed by atoms with E-state index >= 15 is 0 Å². The number of nitrogens with two attached hydrogens (primary N) is 1. The van der Waals surface area contributed by atoms with Crippen molar-refractivity contribution < 1.29 is 14.7 Å². The number of halogens is 1. The summed E-state index contributed by atoms with van der Waals surface area (Å²) in [5.74, 6) is -1.66. The molecule has 8 nitrogen and oxygen atoms in total. The SMILES string of the molecule is NC(=O)c1cc(Br)ccc1NCCn1cc(C(=O)O)nn1. The zero-order valence-electron chi connectivity index (χ0n) is 10.8. The average Bonchev–Trinajstić information content (AvgIpc) is 2.89. The minimum absolute atomic E-state index is 0.114. The highest BCUT2D eigenvalue weighted by Gasteiger charge is 2.10. The van der Waals surface area contributed by atoms with Gasteiger partial charge in [-0.2, -0.15) is 0 Å². The summed E-state index contributed by atoms with van der Waals surface area (Å²) >= 11 is 3.27. The number of carboxylic acid groups (broad SMARTS) is 1. The lowest BCUT2D eigenvalue weighted by atomic mass is 10.1. The lowest BCUT2D eigenvalue weighted by Gasteiger charge is -2.10. The maximum absolute atomic E-state index is 11.4. The van der Waals surface area contributed by atoms with Crippen LogP contribution in [0.2, 0.25) is 0 Å². The molecule has 110 valence electrons. The molecule has 0 saturated carbocycles. The van der Waals surface area contributed by atoms with Crippen LogP contribution in [-0.2, 0) is 6.54 Å². The van der Waals surface area contributed by atoms with Gasteiger partial charge in [0.25, 0.3) is 5.91 Å². The molecule has 0 spiro atoms. The molecule has 0 aliphatic carbocycles. The minimum Gasteiger partial charge on any atom is -0.476 e. The third kappa shape index (κ3) is 3.78. The van der Waals surface area contributed by atoms with E-state index in [0.29, 0.717) is 24.3 Å². The first kappa shape index (κ1) is 15.0. The van der Waals surface area contributed by atoms with Crippen LogP contribution in [-0.4, -0.2) is 38.5 Å². The van der Waals surface area contributed by atoms with Gasteiger partial charge in [-0.25, -0.2) is 9.48 Å². The molecule has 1 aromatic heterocycles. The highest BCUT2D eigenvalue weighted by Crippen LogP contribution is 2.20. The molecular formula is C12H12BrN5O3. The second-order valence-corrected chi connectivity index (χ2v) is 5.07. The predicted molar refractivity (Wildman–Crippen MR) is 78.1 cm³/mol. The maximum atomic E-state index is 11.4. The van der Waals surface area contributed by atoms with E-state index in [-0.39, 0.29) is 5.69 Å². The van der Waals surface area contributed by atoms with Gasteiger partial charge in [0.2, 0.25) is 0 Å². The molecule has 0 aliphatic rings. The number of hydrogen-bond donors (Lipinski definition) is 3. The van der Waals surface area contributed by atoms with Crippen molar-refractivity contribution in [2.45, 2.75) is 6.54 Å². The Balaban J connectivity index is 2.00. The Bertz CT molecular complexity index is 685. The van der Waals surface area contributed by atoms with Crippen LogP contribution in [0.15, 0.2) is 28.9 Å². The van der Waals surface area contributed by atoms with Crippen molar-refractivity contribution >= 4 is 33.5 Å². The van der Waals surface area contributed by atoms with Crippen molar-refractivity contribution in [2.75, 3.05) is 11.9 Å². The summed E-state index contributed by atoms with van der Waals surface area (Å²) in [6.45, 7) is 0.832. The number of benzene rings is 1. The number of primary amides is 1. The van der Waals surface area contributed by atoms with Crippen LogP contribution >= 0.6 is 15.9 Å². The number of nitrogens with zero attached hydrogens (tertiary/aromatic N) is 3. The molecule has 0 saturated heterocycles. The lowest BCUT2D eigenvalue weighted by molar-refractivity contribution is 0.0690. The van der Waals surface area contributed by atoms with Gasteiger partial charge in [-0.15, -0.1) is 5.10 Å². The van der Waals surface area contributed by atoms with E-state index < -0.39 is 11.9 Å². The Morgan fingerprint density at radius 1 is 1.43 bits per heavy atom. The Hall–Kier alpha value is -2.42. The van der Waals surface area contributed by atoms with E-state index in [9.17, 15) is 9.59 Å². The van der Waals surface area contributed by atoms with Gasteiger partial charge in [0.1, 0.15) is 0 Å². The van der Waals surface area contributed by atoms with Crippen LogP contribution in [0.25, 0.3) is 0 Å². The summed E-state index contributed by atoms with van der Waals surface area (Å²) in [6, 6.07) is 5.14. The van der Waals surface area contributed by atoms with Gasteiger partial charge in [-0.3, -0.25) is 4.79 Å². The molecule has 0 radical (unpaired) electrons. The van der Waals surface area contributed by atoms with Crippen molar-refractivity contribution in [1.29, 1.82) is 0 Å². The summed E-state index contributed by atoms with van der Waals surface area (Å²) in [4.78, 5) is 22.0. The van der Waals surface area contributed by atoms with E-state index in [4.69, 9.17) is 10.8 Å². The number of nitrogens with one attached hydrogen (secondary N) is 1. The number of rotatable bonds is 6. The second-order valence-electron chi connectivity index (χ2n) is 4.15. The molecule has 9 heteroatoms. The zero-order valence-corrected chi connectivity index (χ0v) is 12.4. The molecule has 21 heavy (non-hydrogen) atoms. The van der Waals surface area contributed by atoms with Gasteiger partial charge in [0, 0.05) is 16.7 Å². The molecule has 1 aromatic carbocycles. The highest BCUT2D eigenvalue weighted by molar-refractivity contribution is 9.10. The monoisotopic (exact) mass is 353 g/mol. The Morgan fingerprint density at radius 2 is 2.19 bits per heavy atom. The second kappa shape index (κ2) is 6.35. The number of aromatic nitrogens is 3. The fourth-order valence-electron chi connectivity index (χ4n) is 1.69. The minimum atomic E-state index is -1.13. The molecule has 1 heterocycles. The quantitative estimate of drug-likeness (QED) is 0.710. The third-order valence-corrected chi connectivity index (χ3v) is 3.15. The van der Waals surface area contributed by atoms with Crippen molar-refractivity contribution in [3.63, 3.8) is 0 Å². The van der Waals surface area contributed by atoms with E-state index in [1.165, 1.54) is 10.9 Å². The Kier molecular flexibility index (Phi) is 4.53. The molecule has 0 fully saturated rings. The highest BCUT2D eigenvalue weighted by atomic mass is 79.9.